The molecule has 1 aromatic heterocycles. The van der Waals surface area contributed by atoms with Gasteiger partial charge in [-0.2, -0.15) is 0 Å². The minimum atomic E-state index is 0.946. The molecule has 66 valence electrons. The van der Waals surface area contributed by atoms with Gasteiger partial charge in [0.2, 0.25) is 0 Å². The van der Waals surface area contributed by atoms with Gasteiger partial charge < -0.3 is 0 Å². The maximum Gasteiger partial charge on any atom is 0.128 e. The lowest BCUT2D eigenvalue weighted by molar-refractivity contribution is 0.844. The minimum Gasteiger partial charge on any atom is -0.241 e. The molecule has 0 radical (unpaired) electrons. The van der Waals surface area contributed by atoms with Crippen LogP contribution in [0.5, 0.6) is 0 Å². The summed E-state index contributed by atoms with van der Waals surface area (Å²) in [5.41, 5.74) is 1.04. The number of para-hydroxylation sites is 1. The van der Waals surface area contributed by atoms with Crippen molar-refractivity contribution in [3.8, 4) is 0 Å². The lowest BCUT2D eigenvalue weighted by Crippen LogP contribution is -1.93. The monoisotopic (exact) mass is 172 g/mol. The highest BCUT2D eigenvalue weighted by Gasteiger charge is 1.96. The van der Waals surface area contributed by atoms with Crippen LogP contribution in [-0.2, 0) is 6.42 Å². The van der Waals surface area contributed by atoms with Gasteiger partial charge in [0, 0.05) is 18.0 Å². The lowest BCUT2D eigenvalue weighted by atomic mass is 10.2. The van der Waals surface area contributed by atoms with E-state index >= 15 is 0 Å². The van der Waals surface area contributed by atoms with E-state index in [-0.39, 0.29) is 0 Å². The maximum atomic E-state index is 4.45. The van der Waals surface area contributed by atoms with Crippen molar-refractivity contribution >= 4 is 10.9 Å². The summed E-state index contributed by atoms with van der Waals surface area (Å²) in [6.45, 7) is 2.14. The van der Waals surface area contributed by atoms with Gasteiger partial charge >= 0.3 is 0 Å². The van der Waals surface area contributed by atoms with E-state index in [1.54, 1.807) is 0 Å². The van der Waals surface area contributed by atoms with Gasteiger partial charge in [-0.3, -0.25) is 0 Å². The molecule has 0 saturated carbocycles. The molecule has 0 N–H and O–H groups in total. The average Bonchev–Trinajstić information content (AvgIpc) is 2.18. The summed E-state index contributed by atoms with van der Waals surface area (Å²) >= 11 is 0. The summed E-state index contributed by atoms with van der Waals surface area (Å²) in [6, 6.07) is 8.07. The first-order valence-electron chi connectivity index (χ1n) is 4.61. The first kappa shape index (κ1) is 8.17. The van der Waals surface area contributed by atoms with E-state index < -0.39 is 0 Å². The van der Waals surface area contributed by atoms with Crippen LogP contribution >= 0.6 is 0 Å². The predicted octanol–water partition coefficient (Wildman–Crippen LogP) is 2.58. The lowest BCUT2D eigenvalue weighted by Gasteiger charge is -1.99. The van der Waals surface area contributed by atoms with Crippen molar-refractivity contribution in [2.45, 2.75) is 19.8 Å². The Morgan fingerprint density at radius 3 is 2.92 bits per heavy atom. The first-order chi connectivity index (χ1) is 6.40. The van der Waals surface area contributed by atoms with Crippen LogP contribution in [0.1, 0.15) is 19.2 Å². The zero-order valence-electron chi connectivity index (χ0n) is 7.70. The number of benzene rings is 1. The second kappa shape index (κ2) is 3.52. The molecule has 0 spiro atoms. The van der Waals surface area contributed by atoms with Crippen LogP contribution in [0.4, 0.5) is 0 Å². The van der Waals surface area contributed by atoms with Crippen molar-refractivity contribution in [1.29, 1.82) is 0 Å². The molecule has 0 aliphatic carbocycles. The van der Waals surface area contributed by atoms with Gasteiger partial charge in [-0.1, -0.05) is 25.1 Å². The normalized spacial score (nSPS) is 10.5. The highest BCUT2D eigenvalue weighted by molar-refractivity contribution is 5.77. The van der Waals surface area contributed by atoms with E-state index in [0.717, 1.165) is 29.6 Å². The topological polar surface area (TPSA) is 25.8 Å². The van der Waals surface area contributed by atoms with Crippen molar-refractivity contribution in [2.75, 3.05) is 0 Å². The van der Waals surface area contributed by atoms with Crippen molar-refractivity contribution in [3.05, 3.63) is 36.3 Å². The summed E-state index contributed by atoms with van der Waals surface area (Å²) in [5.74, 6) is 0.946. The van der Waals surface area contributed by atoms with Crippen molar-refractivity contribution in [1.82, 2.24) is 9.97 Å². The van der Waals surface area contributed by atoms with Gasteiger partial charge in [0.25, 0.3) is 0 Å². The minimum absolute atomic E-state index is 0.946. The van der Waals surface area contributed by atoms with Crippen molar-refractivity contribution in [2.24, 2.45) is 0 Å². The van der Waals surface area contributed by atoms with E-state index in [2.05, 4.69) is 16.9 Å². The number of aryl methyl sites for hydroxylation is 1. The smallest absolute Gasteiger partial charge is 0.128 e. The van der Waals surface area contributed by atoms with Gasteiger partial charge in [0.1, 0.15) is 5.82 Å². The van der Waals surface area contributed by atoms with Gasteiger partial charge in [0.15, 0.2) is 0 Å². The van der Waals surface area contributed by atoms with E-state index in [1.807, 2.05) is 30.5 Å². The summed E-state index contributed by atoms with van der Waals surface area (Å²) in [6.07, 6.45) is 3.95. The molecule has 0 fully saturated rings. The Hall–Kier alpha value is -1.44. The molecule has 0 amide bonds. The Balaban J connectivity index is 2.49. The molecule has 2 rings (SSSR count). The van der Waals surface area contributed by atoms with Gasteiger partial charge in [0.05, 0.1) is 5.52 Å². The molecule has 0 aliphatic heterocycles. The number of hydrogen-bond donors (Lipinski definition) is 0. The second-order valence-corrected chi connectivity index (χ2v) is 3.10. The fraction of sp³-hybridized carbons (Fsp3) is 0.273. The second-order valence-electron chi connectivity index (χ2n) is 3.10. The molecule has 1 aromatic carbocycles. The third kappa shape index (κ3) is 1.66. The number of aromatic nitrogens is 2. The van der Waals surface area contributed by atoms with Gasteiger partial charge in [-0.25, -0.2) is 9.97 Å². The first-order valence-corrected chi connectivity index (χ1v) is 4.61. The Bertz CT molecular complexity index is 410. The van der Waals surface area contributed by atoms with Crippen LogP contribution in [0.2, 0.25) is 0 Å². The zero-order chi connectivity index (χ0) is 9.10. The Morgan fingerprint density at radius 2 is 2.08 bits per heavy atom. The van der Waals surface area contributed by atoms with Crippen LogP contribution < -0.4 is 0 Å². The number of rotatable bonds is 2. The molecule has 1 heterocycles. The van der Waals surface area contributed by atoms with Crippen LogP contribution in [0.3, 0.4) is 0 Å². The molecule has 2 nitrogen and oxygen atoms in total. The molecule has 2 heteroatoms. The summed E-state index contributed by atoms with van der Waals surface area (Å²) in [4.78, 5) is 8.74. The van der Waals surface area contributed by atoms with Crippen LogP contribution in [-0.4, -0.2) is 9.97 Å². The van der Waals surface area contributed by atoms with E-state index in [0.29, 0.717) is 0 Å². The summed E-state index contributed by atoms with van der Waals surface area (Å²) in [7, 11) is 0. The summed E-state index contributed by atoms with van der Waals surface area (Å²) in [5, 5.41) is 1.11. The summed E-state index contributed by atoms with van der Waals surface area (Å²) < 4.78 is 0. The molecule has 0 aliphatic rings. The van der Waals surface area contributed by atoms with Crippen molar-refractivity contribution in [3.63, 3.8) is 0 Å². The molecule has 0 unspecified atom stereocenters. The molecule has 13 heavy (non-hydrogen) atoms. The molecular formula is C11H12N2. The van der Waals surface area contributed by atoms with E-state index in [1.165, 1.54) is 0 Å². The number of fused-ring (bicyclic) bond motifs is 1. The van der Waals surface area contributed by atoms with Gasteiger partial charge in [-0.15, -0.1) is 0 Å². The van der Waals surface area contributed by atoms with Crippen LogP contribution in [0.25, 0.3) is 10.9 Å². The largest absolute Gasteiger partial charge is 0.241 e. The number of hydrogen-bond acceptors (Lipinski definition) is 2. The van der Waals surface area contributed by atoms with Crippen LogP contribution in [0, 0.1) is 0 Å². The van der Waals surface area contributed by atoms with Crippen LogP contribution in [0.15, 0.2) is 30.5 Å². The fourth-order valence-electron chi connectivity index (χ4n) is 1.35. The highest BCUT2D eigenvalue weighted by Crippen LogP contribution is 2.09. The van der Waals surface area contributed by atoms with E-state index in [4.69, 9.17) is 0 Å². The molecule has 2 aromatic rings. The Morgan fingerprint density at radius 1 is 1.23 bits per heavy atom. The third-order valence-electron chi connectivity index (χ3n) is 2.01. The Kier molecular flexibility index (Phi) is 2.21. The van der Waals surface area contributed by atoms with Crippen molar-refractivity contribution < 1.29 is 0 Å². The average molecular weight is 172 g/mol. The highest BCUT2D eigenvalue weighted by atomic mass is 14.9. The molecule has 0 bridgehead atoms. The molecule has 0 saturated heterocycles. The predicted molar refractivity (Wildman–Crippen MR) is 53.5 cm³/mol. The fourth-order valence-corrected chi connectivity index (χ4v) is 1.35. The zero-order valence-corrected chi connectivity index (χ0v) is 7.70. The standard InChI is InChI=1S/C11H12N2/c1-2-5-11-12-8-9-6-3-4-7-10(9)13-11/h3-4,6-8H,2,5H2,1H3. The maximum absolute atomic E-state index is 4.45. The van der Waals surface area contributed by atoms with Gasteiger partial charge in [-0.05, 0) is 12.5 Å². The molecular weight excluding hydrogens is 160 g/mol. The number of nitrogens with zero attached hydrogens (tertiary/aromatic N) is 2. The third-order valence-corrected chi connectivity index (χ3v) is 2.01. The Labute approximate surface area is 77.6 Å². The SMILES string of the molecule is CCCc1ncc2ccccc2n1. The molecule has 0 atom stereocenters. The van der Waals surface area contributed by atoms with E-state index in [9.17, 15) is 0 Å². The quantitative estimate of drug-likeness (QED) is 0.695.